The van der Waals surface area contributed by atoms with Crippen LogP contribution in [0.15, 0.2) is 59.6 Å². The molecule has 3 rings (SSSR count). The van der Waals surface area contributed by atoms with E-state index in [4.69, 9.17) is 0 Å². The Morgan fingerprint density at radius 3 is 3.05 bits per heavy atom. The number of aromatic nitrogens is 3. The Labute approximate surface area is 131 Å². The molecule has 0 aliphatic heterocycles. The summed E-state index contributed by atoms with van der Waals surface area (Å²) in [6.07, 6.45) is 6.83. The number of thiophene rings is 1. The first-order chi connectivity index (χ1) is 10.8. The molecule has 0 atom stereocenters. The lowest BCUT2D eigenvalue weighted by Crippen LogP contribution is -2.09. The van der Waals surface area contributed by atoms with Crippen molar-refractivity contribution in [2.24, 2.45) is 0 Å². The van der Waals surface area contributed by atoms with E-state index in [2.05, 4.69) is 15.4 Å². The molecular formula is C16H14N4OS. The molecule has 5 nitrogen and oxygen atoms in total. The molecule has 3 aromatic rings. The second-order valence-electron chi connectivity index (χ2n) is 4.60. The molecular weight excluding hydrogens is 296 g/mol. The number of nitrogens with one attached hydrogen (secondary N) is 1. The number of carbonyl (C=O) groups is 1. The van der Waals surface area contributed by atoms with Gasteiger partial charge in [0.1, 0.15) is 0 Å². The monoisotopic (exact) mass is 310 g/mol. The molecule has 1 N–H and O–H groups in total. The molecule has 3 aromatic heterocycles. The maximum absolute atomic E-state index is 11.8. The minimum atomic E-state index is -0.200. The van der Waals surface area contributed by atoms with Crippen molar-refractivity contribution in [2.75, 3.05) is 5.32 Å². The van der Waals surface area contributed by atoms with Crippen LogP contribution in [0.5, 0.6) is 0 Å². The maximum atomic E-state index is 11.8. The largest absolute Gasteiger partial charge is 0.306 e. The van der Waals surface area contributed by atoms with Gasteiger partial charge >= 0.3 is 0 Å². The lowest BCUT2D eigenvalue weighted by molar-refractivity contribution is -0.111. The van der Waals surface area contributed by atoms with Crippen molar-refractivity contribution in [3.05, 3.63) is 70.8 Å². The van der Waals surface area contributed by atoms with Crippen molar-refractivity contribution in [3.8, 4) is 0 Å². The minimum absolute atomic E-state index is 0.200. The molecule has 0 unspecified atom stereocenters. The predicted molar refractivity (Wildman–Crippen MR) is 87.5 cm³/mol. The third kappa shape index (κ3) is 3.89. The van der Waals surface area contributed by atoms with Crippen molar-refractivity contribution < 1.29 is 4.79 Å². The van der Waals surface area contributed by atoms with Gasteiger partial charge in [-0.3, -0.25) is 14.5 Å². The first kappa shape index (κ1) is 14.2. The highest BCUT2D eigenvalue weighted by Gasteiger charge is 2.03. The van der Waals surface area contributed by atoms with E-state index in [-0.39, 0.29) is 5.91 Å². The number of pyridine rings is 1. The van der Waals surface area contributed by atoms with Gasteiger partial charge in [-0.15, -0.1) is 0 Å². The number of anilines is 1. The molecule has 0 fully saturated rings. The van der Waals surface area contributed by atoms with E-state index in [0.717, 1.165) is 11.3 Å². The quantitative estimate of drug-likeness (QED) is 0.737. The van der Waals surface area contributed by atoms with E-state index in [1.807, 2.05) is 41.2 Å². The smallest absolute Gasteiger partial charge is 0.249 e. The van der Waals surface area contributed by atoms with Crippen molar-refractivity contribution >= 4 is 29.1 Å². The van der Waals surface area contributed by atoms with Crippen molar-refractivity contribution in [1.29, 1.82) is 0 Å². The van der Waals surface area contributed by atoms with Crippen LogP contribution in [0, 0.1) is 0 Å². The van der Waals surface area contributed by atoms with Gasteiger partial charge < -0.3 is 5.32 Å². The number of amides is 1. The van der Waals surface area contributed by atoms with Gasteiger partial charge in [-0.2, -0.15) is 16.4 Å². The zero-order valence-corrected chi connectivity index (χ0v) is 12.5. The summed E-state index contributed by atoms with van der Waals surface area (Å²) in [6.45, 7) is 0.571. The van der Waals surface area contributed by atoms with Gasteiger partial charge in [0, 0.05) is 24.5 Å². The summed E-state index contributed by atoms with van der Waals surface area (Å²) in [4.78, 5) is 16.1. The number of rotatable bonds is 5. The van der Waals surface area contributed by atoms with E-state index in [9.17, 15) is 4.79 Å². The second-order valence-corrected chi connectivity index (χ2v) is 5.38. The lowest BCUT2D eigenvalue weighted by atomic mass is 10.3. The maximum Gasteiger partial charge on any atom is 0.249 e. The van der Waals surface area contributed by atoms with Crippen LogP contribution in [-0.4, -0.2) is 20.7 Å². The lowest BCUT2D eigenvalue weighted by Gasteiger charge is -2.00. The van der Waals surface area contributed by atoms with Gasteiger partial charge in [-0.05, 0) is 40.6 Å². The molecule has 0 aliphatic carbocycles. The summed E-state index contributed by atoms with van der Waals surface area (Å²) in [6, 6.07) is 9.46. The van der Waals surface area contributed by atoms with Crippen LogP contribution in [0.2, 0.25) is 0 Å². The first-order valence-corrected chi connectivity index (χ1v) is 7.68. The fraction of sp³-hybridized carbons (Fsp3) is 0.0625. The average molecular weight is 310 g/mol. The molecule has 0 radical (unpaired) electrons. The summed E-state index contributed by atoms with van der Waals surface area (Å²) in [5.41, 5.74) is 1.93. The molecule has 0 aliphatic rings. The van der Waals surface area contributed by atoms with Crippen LogP contribution in [0.3, 0.4) is 0 Å². The zero-order chi connectivity index (χ0) is 15.2. The number of carbonyl (C=O) groups excluding carboxylic acids is 1. The highest BCUT2D eigenvalue weighted by molar-refractivity contribution is 7.08. The van der Waals surface area contributed by atoms with E-state index in [1.165, 1.54) is 6.08 Å². The van der Waals surface area contributed by atoms with E-state index >= 15 is 0 Å². The Balaban J connectivity index is 1.58. The van der Waals surface area contributed by atoms with Crippen LogP contribution in [0.25, 0.3) is 6.08 Å². The number of hydrogen-bond acceptors (Lipinski definition) is 4. The van der Waals surface area contributed by atoms with Crippen LogP contribution in [0.1, 0.15) is 11.3 Å². The number of hydrogen-bond donors (Lipinski definition) is 1. The SMILES string of the molecule is O=C(/C=C\c1ccsc1)Nc1ccn(Cc2ccccn2)n1. The summed E-state index contributed by atoms with van der Waals surface area (Å²) < 4.78 is 1.74. The van der Waals surface area contributed by atoms with Gasteiger partial charge in [-0.1, -0.05) is 6.07 Å². The molecule has 0 saturated carbocycles. The highest BCUT2D eigenvalue weighted by Crippen LogP contribution is 2.08. The molecule has 0 aromatic carbocycles. The molecule has 6 heteroatoms. The molecule has 0 spiro atoms. The van der Waals surface area contributed by atoms with Crippen molar-refractivity contribution in [1.82, 2.24) is 14.8 Å². The molecule has 1 amide bonds. The van der Waals surface area contributed by atoms with Crippen LogP contribution in [-0.2, 0) is 11.3 Å². The minimum Gasteiger partial charge on any atom is -0.306 e. The molecule has 22 heavy (non-hydrogen) atoms. The predicted octanol–water partition coefficient (Wildman–Crippen LogP) is 3.04. The fourth-order valence-corrected chi connectivity index (χ4v) is 2.51. The Bertz CT molecular complexity index is 763. The van der Waals surface area contributed by atoms with E-state index < -0.39 is 0 Å². The van der Waals surface area contributed by atoms with Crippen molar-refractivity contribution in [3.63, 3.8) is 0 Å². The third-order valence-electron chi connectivity index (χ3n) is 2.91. The van der Waals surface area contributed by atoms with Gasteiger partial charge in [-0.25, -0.2) is 0 Å². The summed E-state index contributed by atoms with van der Waals surface area (Å²) in [5, 5.41) is 11.0. The Morgan fingerprint density at radius 2 is 2.27 bits per heavy atom. The average Bonchev–Trinajstić information content (AvgIpc) is 3.18. The van der Waals surface area contributed by atoms with Crippen molar-refractivity contribution in [2.45, 2.75) is 6.54 Å². The Hall–Kier alpha value is -2.73. The van der Waals surface area contributed by atoms with Gasteiger partial charge in [0.25, 0.3) is 0 Å². The zero-order valence-electron chi connectivity index (χ0n) is 11.7. The summed E-state index contributed by atoms with van der Waals surface area (Å²) in [7, 11) is 0. The standard InChI is InChI=1S/C16H14N4OS/c21-16(5-4-13-7-10-22-12-13)18-15-6-9-20(19-15)11-14-3-1-2-8-17-14/h1-10,12H,11H2,(H,18,19,21)/b5-4-. The van der Waals surface area contributed by atoms with Gasteiger partial charge in [0.2, 0.25) is 5.91 Å². The number of nitrogens with zero attached hydrogens (tertiary/aromatic N) is 3. The van der Waals surface area contributed by atoms with Gasteiger partial charge in [0.15, 0.2) is 5.82 Å². The van der Waals surface area contributed by atoms with Crippen LogP contribution in [0.4, 0.5) is 5.82 Å². The van der Waals surface area contributed by atoms with E-state index in [0.29, 0.717) is 12.4 Å². The third-order valence-corrected chi connectivity index (χ3v) is 3.61. The topological polar surface area (TPSA) is 59.8 Å². The molecule has 0 saturated heterocycles. The normalized spacial score (nSPS) is 10.9. The Kier molecular flexibility index (Phi) is 4.41. The molecule has 110 valence electrons. The summed E-state index contributed by atoms with van der Waals surface area (Å²) >= 11 is 1.59. The fourth-order valence-electron chi connectivity index (χ4n) is 1.88. The first-order valence-electron chi connectivity index (χ1n) is 6.74. The van der Waals surface area contributed by atoms with E-state index in [1.54, 1.807) is 34.4 Å². The highest BCUT2D eigenvalue weighted by atomic mass is 32.1. The van der Waals surface area contributed by atoms with Gasteiger partial charge in [0.05, 0.1) is 12.2 Å². The van der Waals surface area contributed by atoms with Crippen LogP contribution >= 0.6 is 11.3 Å². The summed E-state index contributed by atoms with van der Waals surface area (Å²) in [5.74, 6) is 0.324. The second kappa shape index (κ2) is 6.82. The molecule has 3 heterocycles. The molecule has 0 bridgehead atoms. The Morgan fingerprint density at radius 1 is 1.32 bits per heavy atom. The van der Waals surface area contributed by atoms with Crippen LogP contribution < -0.4 is 5.32 Å².